The lowest BCUT2D eigenvalue weighted by molar-refractivity contribution is -0.135. The number of carbonyl (C=O) groups is 2. The Hall–Kier alpha value is -1.49. The van der Waals surface area contributed by atoms with Crippen LogP contribution in [-0.2, 0) is 9.59 Å². The highest BCUT2D eigenvalue weighted by atomic mass is 35.5. The Labute approximate surface area is 72.2 Å². The SMILES string of the molecule is O=C(O)/C(O)=C\C=C(\Cl)C(=O)O. The normalized spacial score (nSPS) is 12.8. The molecule has 0 saturated heterocycles. The van der Waals surface area contributed by atoms with Crippen LogP contribution in [0.3, 0.4) is 0 Å². The second-order valence-corrected chi connectivity index (χ2v) is 2.08. The smallest absolute Gasteiger partial charge is 0.370 e. The van der Waals surface area contributed by atoms with Crippen LogP contribution in [0.5, 0.6) is 0 Å². The van der Waals surface area contributed by atoms with Crippen molar-refractivity contribution in [2.24, 2.45) is 0 Å². The van der Waals surface area contributed by atoms with Gasteiger partial charge >= 0.3 is 11.9 Å². The van der Waals surface area contributed by atoms with E-state index in [9.17, 15) is 9.59 Å². The van der Waals surface area contributed by atoms with Crippen LogP contribution in [0.1, 0.15) is 0 Å². The zero-order valence-corrected chi connectivity index (χ0v) is 6.45. The fourth-order valence-corrected chi connectivity index (χ4v) is 0.358. The van der Waals surface area contributed by atoms with E-state index in [2.05, 4.69) is 0 Å². The summed E-state index contributed by atoms with van der Waals surface area (Å²) in [5.41, 5.74) is 0. The Kier molecular flexibility index (Phi) is 3.85. The Morgan fingerprint density at radius 2 is 1.50 bits per heavy atom. The van der Waals surface area contributed by atoms with Gasteiger partial charge in [0.2, 0.25) is 5.76 Å². The van der Waals surface area contributed by atoms with Crippen molar-refractivity contribution in [2.45, 2.75) is 0 Å². The first-order chi connectivity index (χ1) is 5.45. The molecule has 0 aromatic rings. The summed E-state index contributed by atoms with van der Waals surface area (Å²) in [7, 11) is 0. The molecule has 0 aliphatic heterocycles. The molecule has 3 N–H and O–H groups in total. The lowest BCUT2D eigenvalue weighted by Crippen LogP contribution is -1.98. The molecule has 12 heavy (non-hydrogen) atoms. The van der Waals surface area contributed by atoms with Gasteiger partial charge in [-0.3, -0.25) is 0 Å². The van der Waals surface area contributed by atoms with Gasteiger partial charge < -0.3 is 15.3 Å². The molecule has 0 amide bonds. The number of carboxylic acid groups (broad SMARTS) is 2. The van der Waals surface area contributed by atoms with Gasteiger partial charge in [-0.1, -0.05) is 11.6 Å². The molecule has 6 heteroatoms. The molecule has 0 spiro atoms. The van der Waals surface area contributed by atoms with Gasteiger partial charge in [-0.05, 0) is 12.2 Å². The first-order valence-electron chi connectivity index (χ1n) is 2.68. The maximum Gasteiger partial charge on any atom is 0.370 e. The lowest BCUT2D eigenvalue weighted by atomic mass is 10.4. The highest BCUT2D eigenvalue weighted by Crippen LogP contribution is 2.02. The Bertz CT molecular complexity index is 237. The van der Waals surface area contributed by atoms with Crippen LogP contribution in [0.15, 0.2) is 22.9 Å². The zero-order chi connectivity index (χ0) is 9.72. The van der Waals surface area contributed by atoms with Gasteiger partial charge in [0.05, 0.1) is 0 Å². The summed E-state index contributed by atoms with van der Waals surface area (Å²) in [5.74, 6) is -3.93. The molecule has 0 radical (unpaired) electrons. The number of hydrogen-bond acceptors (Lipinski definition) is 3. The van der Waals surface area contributed by atoms with Crippen LogP contribution in [0.2, 0.25) is 0 Å². The summed E-state index contributed by atoms with van der Waals surface area (Å²) in [6.07, 6.45) is 1.45. The van der Waals surface area contributed by atoms with Crippen molar-refractivity contribution in [1.29, 1.82) is 0 Å². The highest BCUT2D eigenvalue weighted by molar-refractivity contribution is 6.41. The first kappa shape index (κ1) is 10.5. The van der Waals surface area contributed by atoms with E-state index in [1.807, 2.05) is 0 Å². The number of aliphatic hydroxyl groups is 1. The number of halogens is 1. The average Bonchev–Trinajstić information content (AvgIpc) is 1.98. The van der Waals surface area contributed by atoms with Crippen molar-refractivity contribution < 1.29 is 24.9 Å². The summed E-state index contributed by atoms with van der Waals surface area (Å²) >= 11 is 5.08. The predicted octanol–water partition coefficient (Wildman–Crippen LogP) is 0.720. The van der Waals surface area contributed by atoms with Crippen LogP contribution in [0.25, 0.3) is 0 Å². The minimum atomic E-state index is -1.55. The molecule has 0 bridgehead atoms. The maximum atomic E-state index is 10.0. The molecule has 66 valence electrons. The van der Waals surface area contributed by atoms with Crippen LogP contribution in [0, 0.1) is 0 Å². The molecule has 0 heterocycles. The third-order valence-corrected chi connectivity index (χ3v) is 1.10. The standard InChI is InChI=1S/C6H5ClO5/c7-3(5(9)10)1-2-4(8)6(11)12/h1-2,8H,(H,9,10)(H,11,12)/b3-1+,4-2+. The van der Waals surface area contributed by atoms with E-state index in [1.165, 1.54) is 0 Å². The molecule has 0 aromatic heterocycles. The summed E-state index contributed by atoms with van der Waals surface area (Å²) in [5, 5.41) is 24.2. The topological polar surface area (TPSA) is 94.8 Å². The summed E-state index contributed by atoms with van der Waals surface area (Å²) in [6, 6.07) is 0. The Balaban J connectivity index is 4.48. The summed E-state index contributed by atoms with van der Waals surface area (Å²) in [6.45, 7) is 0. The number of hydrogen-bond donors (Lipinski definition) is 3. The molecule has 0 fully saturated rings. The molecule has 0 aliphatic carbocycles. The predicted molar refractivity (Wildman–Crippen MR) is 39.9 cm³/mol. The molecular weight excluding hydrogens is 188 g/mol. The fraction of sp³-hybridized carbons (Fsp3) is 0. The quantitative estimate of drug-likeness (QED) is 0.348. The molecule has 0 atom stereocenters. The molecule has 0 aliphatic rings. The molecule has 5 nitrogen and oxygen atoms in total. The van der Waals surface area contributed by atoms with Crippen LogP contribution < -0.4 is 0 Å². The molecule has 0 aromatic carbocycles. The second kappa shape index (κ2) is 4.40. The number of rotatable bonds is 3. The van der Waals surface area contributed by atoms with Crippen LogP contribution in [0.4, 0.5) is 0 Å². The monoisotopic (exact) mass is 192 g/mol. The van der Waals surface area contributed by atoms with Crippen molar-refractivity contribution in [1.82, 2.24) is 0 Å². The van der Waals surface area contributed by atoms with Crippen molar-refractivity contribution in [3.05, 3.63) is 22.9 Å². The Morgan fingerprint density at radius 1 is 1.00 bits per heavy atom. The maximum absolute atomic E-state index is 10.0. The fourth-order valence-electron chi connectivity index (χ4n) is 0.295. The van der Waals surface area contributed by atoms with Crippen molar-refractivity contribution in [3.63, 3.8) is 0 Å². The average molecular weight is 193 g/mol. The van der Waals surface area contributed by atoms with Crippen molar-refractivity contribution in [2.75, 3.05) is 0 Å². The highest BCUT2D eigenvalue weighted by Gasteiger charge is 2.03. The van der Waals surface area contributed by atoms with Gasteiger partial charge in [0, 0.05) is 0 Å². The number of aliphatic carboxylic acids is 2. The Morgan fingerprint density at radius 3 is 1.83 bits per heavy atom. The molecule has 0 unspecified atom stereocenters. The third kappa shape index (κ3) is 3.62. The van der Waals surface area contributed by atoms with Crippen molar-refractivity contribution in [3.8, 4) is 0 Å². The van der Waals surface area contributed by atoms with Gasteiger partial charge in [-0.15, -0.1) is 0 Å². The molecule has 0 rings (SSSR count). The van der Waals surface area contributed by atoms with E-state index in [0.717, 1.165) is 6.08 Å². The van der Waals surface area contributed by atoms with E-state index in [-0.39, 0.29) is 0 Å². The molecular formula is C6H5ClO5. The largest absolute Gasteiger partial charge is 0.502 e. The lowest BCUT2D eigenvalue weighted by Gasteiger charge is -1.88. The van der Waals surface area contributed by atoms with Gasteiger partial charge in [0.1, 0.15) is 5.03 Å². The summed E-state index contributed by atoms with van der Waals surface area (Å²) < 4.78 is 0. The minimum absolute atomic E-state index is 0.581. The van der Waals surface area contributed by atoms with Gasteiger partial charge in [0.25, 0.3) is 0 Å². The van der Waals surface area contributed by atoms with E-state index >= 15 is 0 Å². The number of allylic oxidation sites excluding steroid dienone is 2. The number of aliphatic hydroxyl groups excluding tert-OH is 1. The number of carboxylic acids is 2. The van der Waals surface area contributed by atoms with E-state index in [4.69, 9.17) is 26.9 Å². The second-order valence-electron chi connectivity index (χ2n) is 1.68. The molecule has 0 saturated carbocycles. The first-order valence-corrected chi connectivity index (χ1v) is 3.06. The van der Waals surface area contributed by atoms with E-state index < -0.39 is 22.7 Å². The van der Waals surface area contributed by atoms with Gasteiger partial charge in [-0.25, -0.2) is 9.59 Å². The minimum Gasteiger partial charge on any atom is -0.502 e. The summed E-state index contributed by atoms with van der Waals surface area (Å²) in [4.78, 5) is 20.0. The zero-order valence-electron chi connectivity index (χ0n) is 5.69. The van der Waals surface area contributed by atoms with Crippen LogP contribution in [-0.4, -0.2) is 27.3 Å². The van der Waals surface area contributed by atoms with Crippen molar-refractivity contribution >= 4 is 23.5 Å². The van der Waals surface area contributed by atoms with E-state index in [0.29, 0.717) is 6.08 Å². The van der Waals surface area contributed by atoms with Gasteiger partial charge in [-0.2, -0.15) is 0 Å². The third-order valence-electron chi connectivity index (χ3n) is 0.811. The van der Waals surface area contributed by atoms with Crippen LogP contribution >= 0.6 is 11.6 Å². The van der Waals surface area contributed by atoms with E-state index in [1.54, 1.807) is 0 Å². The van der Waals surface area contributed by atoms with Gasteiger partial charge in [0.15, 0.2) is 0 Å².